The van der Waals surface area contributed by atoms with Crippen molar-refractivity contribution in [3.63, 3.8) is 0 Å². The molecular formula is C16H24N2O2S. The second-order valence-electron chi connectivity index (χ2n) is 6.98. The van der Waals surface area contributed by atoms with Crippen LogP contribution in [0.1, 0.15) is 45.2 Å². The lowest BCUT2D eigenvalue weighted by Crippen LogP contribution is -2.49. The van der Waals surface area contributed by atoms with Crippen LogP contribution in [0, 0.1) is 5.41 Å². The summed E-state index contributed by atoms with van der Waals surface area (Å²) in [5.41, 5.74) is 0.890. The summed E-state index contributed by atoms with van der Waals surface area (Å²) in [5.74, 6) is 0. The predicted molar refractivity (Wildman–Crippen MR) is 84.8 cm³/mol. The number of hydrogen-bond acceptors (Lipinski definition) is 4. The smallest absolute Gasteiger partial charge is 0.193 e. The van der Waals surface area contributed by atoms with Crippen LogP contribution in [-0.4, -0.2) is 33.3 Å². The van der Waals surface area contributed by atoms with Gasteiger partial charge < -0.3 is 9.84 Å². The Labute approximate surface area is 129 Å². The van der Waals surface area contributed by atoms with E-state index >= 15 is 0 Å². The molecule has 1 unspecified atom stereocenters. The van der Waals surface area contributed by atoms with Crippen LogP contribution in [0.3, 0.4) is 0 Å². The normalized spacial score (nSPS) is 22.5. The van der Waals surface area contributed by atoms with E-state index in [2.05, 4.69) is 18.8 Å². The predicted octanol–water partition coefficient (Wildman–Crippen LogP) is 3.28. The van der Waals surface area contributed by atoms with Crippen molar-refractivity contribution >= 4 is 16.3 Å². The molecule has 0 amide bonds. The Hall–Kier alpha value is -0.910. The Morgan fingerprint density at radius 3 is 2.71 bits per heavy atom. The van der Waals surface area contributed by atoms with E-state index in [-0.39, 0.29) is 0 Å². The molecule has 0 saturated heterocycles. The molecule has 1 fully saturated rings. The van der Waals surface area contributed by atoms with Crippen LogP contribution in [0.5, 0.6) is 0 Å². The number of ether oxygens (including phenoxy) is 1. The van der Waals surface area contributed by atoms with Gasteiger partial charge in [0, 0.05) is 31.3 Å². The molecule has 116 valence electrons. The summed E-state index contributed by atoms with van der Waals surface area (Å²) >= 11 is 1.61. The molecule has 0 aliphatic heterocycles. The zero-order valence-electron chi connectivity index (χ0n) is 13.0. The van der Waals surface area contributed by atoms with Crippen LogP contribution in [0.15, 0.2) is 17.8 Å². The minimum absolute atomic E-state index is 0.360. The molecule has 3 rings (SSSR count). The van der Waals surface area contributed by atoms with Crippen molar-refractivity contribution in [2.24, 2.45) is 5.41 Å². The molecule has 1 atom stereocenters. The molecule has 1 aliphatic rings. The Morgan fingerprint density at radius 2 is 2.10 bits per heavy atom. The van der Waals surface area contributed by atoms with Crippen molar-refractivity contribution in [2.45, 2.75) is 57.7 Å². The number of aliphatic hydroxyl groups excluding tert-OH is 1. The van der Waals surface area contributed by atoms with Gasteiger partial charge in [-0.25, -0.2) is 4.98 Å². The number of methoxy groups -OCH3 is 1. The minimum atomic E-state index is -0.497. The summed E-state index contributed by atoms with van der Waals surface area (Å²) in [6.45, 7) is 4.59. The van der Waals surface area contributed by atoms with Gasteiger partial charge in [0.25, 0.3) is 0 Å². The van der Waals surface area contributed by atoms with Crippen molar-refractivity contribution in [1.29, 1.82) is 0 Å². The highest BCUT2D eigenvalue weighted by Gasteiger charge is 2.43. The average Bonchev–Trinajstić information content (AvgIpc) is 3.00. The van der Waals surface area contributed by atoms with Crippen LogP contribution in [0.4, 0.5) is 0 Å². The molecule has 2 aromatic heterocycles. The number of hydrogen-bond donors (Lipinski definition) is 1. The lowest BCUT2D eigenvalue weighted by atomic mass is 9.68. The van der Waals surface area contributed by atoms with E-state index in [0.717, 1.165) is 36.3 Å². The van der Waals surface area contributed by atoms with Crippen LogP contribution >= 0.6 is 11.3 Å². The van der Waals surface area contributed by atoms with Gasteiger partial charge in [0.15, 0.2) is 4.96 Å². The third kappa shape index (κ3) is 2.87. The molecule has 2 aromatic rings. The fourth-order valence-electron chi connectivity index (χ4n) is 3.28. The van der Waals surface area contributed by atoms with Gasteiger partial charge in [-0.15, -0.1) is 11.3 Å². The third-order valence-electron chi connectivity index (χ3n) is 5.01. The first-order chi connectivity index (χ1) is 9.94. The summed E-state index contributed by atoms with van der Waals surface area (Å²) in [4.78, 5) is 5.55. The number of aliphatic hydroxyl groups is 1. The van der Waals surface area contributed by atoms with E-state index in [4.69, 9.17) is 4.74 Å². The number of aromatic nitrogens is 2. The quantitative estimate of drug-likeness (QED) is 0.943. The molecule has 0 radical (unpaired) electrons. The molecule has 0 aromatic carbocycles. The first kappa shape index (κ1) is 15.0. The van der Waals surface area contributed by atoms with Crippen LogP contribution in [0.2, 0.25) is 0 Å². The zero-order chi connectivity index (χ0) is 15.1. The van der Waals surface area contributed by atoms with E-state index in [1.54, 1.807) is 18.4 Å². The fraction of sp³-hybridized carbons (Fsp3) is 0.688. The van der Waals surface area contributed by atoms with Crippen molar-refractivity contribution in [3.8, 4) is 0 Å². The summed E-state index contributed by atoms with van der Waals surface area (Å²) in [6, 6.07) is 0. The standard InChI is InChI=1S/C16H24N2O2S/c1-15(2)4-6-16(20-3,7-5-15)13(19)10-12-11-18-8-9-21-14(18)17-12/h8-9,11,13,19H,4-7,10H2,1-3H3. The van der Waals surface area contributed by atoms with Crippen LogP contribution in [0.25, 0.3) is 4.96 Å². The van der Waals surface area contributed by atoms with Crippen molar-refractivity contribution in [1.82, 2.24) is 9.38 Å². The number of nitrogens with zero attached hydrogens (tertiary/aromatic N) is 2. The summed E-state index contributed by atoms with van der Waals surface area (Å²) < 4.78 is 7.79. The monoisotopic (exact) mass is 308 g/mol. The van der Waals surface area contributed by atoms with Gasteiger partial charge in [0.1, 0.15) is 0 Å². The van der Waals surface area contributed by atoms with Crippen molar-refractivity contribution < 1.29 is 9.84 Å². The molecule has 1 N–H and O–H groups in total. The first-order valence-corrected chi connectivity index (χ1v) is 8.46. The molecule has 1 saturated carbocycles. The average molecular weight is 308 g/mol. The van der Waals surface area contributed by atoms with Gasteiger partial charge in [-0.2, -0.15) is 0 Å². The van der Waals surface area contributed by atoms with Crippen molar-refractivity contribution in [3.05, 3.63) is 23.5 Å². The Morgan fingerprint density at radius 1 is 1.38 bits per heavy atom. The molecule has 2 heterocycles. The molecule has 0 spiro atoms. The van der Waals surface area contributed by atoms with Gasteiger partial charge in [-0.3, -0.25) is 4.40 Å². The third-order valence-corrected chi connectivity index (χ3v) is 5.78. The fourth-order valence-corrected chi connectivity index (χ4v) is 4.00. The first-order valence-electron chi connectivity index (χ1n) is 7.58. The number of fused-ring (bicyclic) bond motifs is 1. The van der Waals surface area contributed by atoms with Gasteiger partial charge in [0.2, 0.25) is 0 Å². The number of rotatable bonds is 4. The van der Waals surface area contributed by atoms with Gasteiger partial charge >= 0.3 is 0 Å². The van der Waals surface area contributed by atoms with E-state index in [0.29, 0.717) is 11.8 Å². The van der Waals surface area contributed by atoms with E-state index < -0.39 is 11.7 Å². The lowest BCUT2D eigenvalue weighted by molar-refractivity contribution is -0.135. The molecule has 0 bridgehead atoms. The highest BCUT2D eigenvalue weighted by atomic mass is 32.1. The molecule has 4 nitrogen and oxygen atoms in total. The van der Waals surface area contributed by atoms with Crippen LogP contribution < -0.4 is 0 Å². The highest BCUT2D eigenvalue weighted by molar-refractivity contribution is 7.15. The van der Waals surface area contributed by atoms with Gasteiger partial charge in [-0.1, -0.05) is 13.8 Å². The molecule has 1 aliphatic carbocycles. The van der Waals surface area contributed by atoms with E-state index in [1.165, 1.54) is 0 Å². The number of imidazole rings is 1. The molecular weight excluding hydrogens is 284 g/mol. The zero-order valence-corrected chi connectivity index (χ0v) is 13.8. The maximum Gasteiger partial charge on any atom is 0.193 e. The van der Waals surface area contributed by atoms with Gasteiger partial charge in [-0.05, 0) is 31.1 Å². The lowest BCUT2D eigenvalue weighted by Gasteiger charge is -2.45. The summed E-state index contributed by atoms with van der Waals surface area (Å²) in [6.07, 6.45) is 8.08. The highest BCUT2D eigenvalue weighted by Crippen LogP contribution is 2.43. The Bertz CT molecular complexity index is 578. The van der Waals surface area contributed by atoms with E-state index in [9.17, 15) is 5.11 Å². The molecule has 21 heavy (non-hydrogen) atoms. The molecule has 5 heteroatoms. The Kier molecular flexibility index (Phi) is 3.84. The maximum absolute atomic E-state index is 10.7. The van der Waals surface area contributed by atoms with Gasteiger partial charge in [0.05, 0.1) is 17.4 Å². The van der Waals surface area contributed by atoms with E-state index in [1.807, 2.05) is 22.2 Å². The van der Waals surface area contributed by atoms with Crippen molar-refractivity contribution in [2.75, 3.05) is 7.11 Å². The minimum Gasteiger partial charge on any atom is -0.390 e. The topological polar surface area (TPSA) is 46.8 Å². The summed E-state index contributed by atoms with van der Waals surface area (Å²) in [5, 5.41) is 12.8. The maximum atomic E-state index is 10.7. The second kappa shape index (κ2) is 5.38. The Balaban J connectivity index is 1.73. The SMILES string of the molecule is COC1(C(O)Cc2cn3ccsc3n2)CCC(C)(C)CC1. The number of thiazole rings is 1. The largest absolute Gasteiger partial charge is 0.390 e. The second-order valence-corrected chi connectivity index (χ2v) is 7.85. The summed E-state index contributed by atoms with van der Waals surface area (Å²) in [7, 11) is 1.73. The van der Waals surface area contributed by atoms with Crippen LogP contribution in [-0.2, 0) is 11.2 Å².